The number of hydrogen-bond acceptors (Lipinski definition) is 4. The predicted molar refractivity (Wildman–Crippen MR) is 94.3 cm³/mol. The molecule has 1 amide bonds. The molecule has 2 heterocycles. The van der Waals surface area contributed by atoms with Crippen LogP contribution >= 0.6 is 12.4 Å². The van der Waals surface area contributed by atoms with Crippen molar-refractivity contribution in [3.63, 3.8) is 0 Å². The molecule has 0 aromatic heterocycles. The summed E-state index contributed by atoms with van der Waals surface area (Å²) in [5, 5.41) is 3.33. The lowest BCUT2D eigenvalue weighted by Gasteiger charge is -2.37. The first kappa shape index (κ1) is 20.7. The molecule has 2 fully saturated rings. The van der Waals surface area contributed by atoms with Gasteiger partial charge in [-0.1, -0.05) is 13.3 Å². The molecule has 0 saturated carbocycles. The lowest BCUT2D eigenvalue weighted by Crippen LogP contribution is -2.54. The van der Waals surface area contributed by atoms with Gasteiger partial charge in [-0.05, 0) is 26.2 Å². The van der Waals surface area contributed by atoms with Crippen molar-refractivity contribution >= 4 is 28.3 Å². The Hall–Kier alpha value is -0.370. The minimum atomic E-state index is -3.13. The fraction of sp³-hybridized carbons (Fsp3) is 0.933. The molecular weight excluding hydrogens is 338 g/mol. The van der Waals surface area contributed by atoms with E-state index in [-0.39, 0.29) is 30.0 Å². The fourth-order valence-corrected chi connectivity index (χ4v) is 4.91. The SMILES string of the molecule is CCCCS(=O)(=O)N1CCC(C(=O)N2CCNC(C)C2)CC1.Cl. The maximum Gasteiger partial charge on any atom is 0.225 e. The molecule has 2 aliphatic rings. The Kier molecular flexibility index (Phi) is 8.27. The third kappa shape index (κ3) is 5.59. The Balaban J connectivity index is 0.00000264. The summed E-state index contributed by atoms with van der Waals surface area (Å²) in [7, 11) is -3.13. The molecule has 0 radical (unpaired) electrons. The summed E-state index contributed by atoms with van der Waals surface area (Å²) in [4.78, 5) is 14.5. The molecule has 2 rings (SSSR count). The van der Waals surface area contributed by atoms with Crippen LogP contribution in [0.25, 0.3) is 0 Å². The molecule has 1 atom stereocenters. The van der Waals surface area contributed by atoms with Crippen LogP contribution in [0.2, 0.25) is 0 Å². The minimum absolute atomic E-state index is 0. The standard InChI is InChI=1S/C15H29N3O3S.ClH/c1-3-4-11-22(20,21)18-8-5-14(6-9-18)15(19)17-10-7-16-13(2)12-17;/h13-14,16H,3-12H2,1-2H3;1H. The van der Waals surface area contributed by atoms with Gasteiger partial charge >= 0.3 is 0 Å². The van der Waals surface area contributed by atoms with Crippen molar-refractivity contribution in [1.82, 2.24) is 14.5 Å². The minimum Gasteiger partial charge on any atom is -0.340 e. The van der Waals surface area contributed by atoms with Gasteiger partial charge in [0.05, 0.1) is 5.75 Å². The van der Waals surface area contributed by atoms with Crippen molar-refractivity contribution in [2.24, 2.45) is 5.92 Å². The molecule has 0 aromatic rings. The Labute approximate surface area is 146 Å². The van der Waals surface area contributed by atoms with Gasteiger partial charge in [0.15, 0.2) is 0 Å². The Morgan fingerprint density at radius 2 is 1.87 bits per heavy atom. The summed E-state index contributed by atoms with van der Waals surface area (Å²) < 4.78 is 26.0. The Bertz CT molecular complexity index is 478. The number of rotatable bonds is 5. The van der Waals surface area contributed by atoms with Crippen molar-refractivity contribution in [3.05, 3.63) is 0 Å². The highest BCUT2D eigenvalue weighted by molar-refractivity contribution is 7.89. The van der Waals surface area contributed by atoms with E-state index >= 15 is 0 Å². The smallest absolute Gasteiger partial charge is 0.225 e. The summed E-state index contributed by atoms with van der Waals surface area (Å²) in [6.45, 7) is 7.43. The number of halogens is 1. The van der Waals surface area contributed by atoms with Gasteiger partial charge in [0.2, 0.25) is 15.9 Å². The zero-order valence-electron chi connectivity index (χ0n) is 14.2. The van der Waals surface area contributed by atoms with E-state index in [0.717, 1.165) is 26.1 Å². The predicted octanol–water partition coefficient (Wildman–Crippen LogP) is 1.07. The largest absolute Gasteiger partial charge is 0.340 e. The molecule has 6 nitrogen and oxygen atoms in total. The van der Waals surface area contributed by atoms with Gasteiger partial charge < -0.3 is 10.2 Å². The average Bonchev–Trinajstić information content (AvgIpc) is 2.52. The van der Waals surface area contributed by atoms with E-state index in [2.05, 4.69) is 12.2 Å². The number of nitrogens with zero attached hydrogens (tertiary/aromatic N) is 2. The molecule has 1 N–H and O–H groups in total. The first-order valence-electron chi connectivity index (χ1n) is 8.44. The summed E-state index contributed by atoms with van der Waals surface area (Å²) in [6, 6.07) is 0.340. The number of hydrogen-bond donors (Lipinski definition) is 1. The second kappa shape index (κ2) is 9.20. The van der Waals surface area contributed by atoms with Crippen molar-refractivity contribution in [2.45, 2.75) is 45.6 Å². The average molecular weight is 368 g/mol. The molecule has 0 aliphatic carbocycles. The van der Waals surface area contributed by atoms with Crippen molar-refractivity contribution < 1.29 is 13.2 Å². The van der Waals surface area contributed by atoms with E-state index in [9.17, 15) is 13.2 Å². The summed E-state index contributed by atoms with van der Waals surface area (Å²) >= 11 is 0. The number of piperazine rings is 1. The molecular formula is C15H30ClN3O3S. The zero-order valence-corrected chi connectivity index (χ0v) is 15.8. The lowest BCUT2D eigenvalue weighted by atomic mass is 9.96. The Morgan fingerprint density at radius 1 is 1.22 bits per heavy atom. The third-order valence-electron chi connectivity index (χ3n) is 4.63. The van der Waals surface area contributed by atoms with Gasteiger partial charge in [-0.15, -0.1) is 12.4 Å². The topological polar surface area (TPSA) is 69.7 Å². The molecule has 2 aliphatic heterocycles. The van der Waals surface area contributed by atoms with Gasteiger partial charge in [0.25, 0.3) is 0 Å². The maximum atomic E-state index is 12.6. The third-order valence-corrected chi connectivity index (χ3v) is 6.59. The molecule has 0 aromatic carbocycles. The summed E-state index contributed by atoms with van der Waals surface area (Å²) in [6.07, 6.45) is 2.90. The maximum absolute atomic E-state index is 12.6. The lowest BCUT2D eigenvalue weighted by molar-refractivity contribution is -0.137. The number of carbonyl (C=O) groups excluding carboxylic acids is 1. The van der Waals surface area contributed by atoms with E-state index in [4.69, 9.17) is 0 Å². The molecule has 8 heteroatoms. The van der Waals surface area contributed by atoms with Gasteiger partial charge in [-0.3, -0.25) is 4.79 Å². The number of nitrogens with one attached hydrogen (secondary N) is 1. The van der Waals surface area contributed by atoms with Crippen LogP contribution in [-0.2, 0) is 14.8 Å². The monoisotopic (exact) mass is 367 g/mol. The molecule has 0 bridgehead atoms. The van der Waals surface area contributed by atoms with Crippen LogP contribution in [0, 0.1) is 5.92 Å². The van der Waals surface area contributed by atoms with Crippen molar-refractivity contribution in [3.8, 4) is 0 Å². The fourth-order valence-electron chi connectivity index (χ4n) is 3.23. The molecule has 2 saturated heterocycles. The van der Waals surface area contributed by atoms with Crippen LogP contribution in [0.3, 0.4) is 0 Å². The normalized spacial score (nSPS) is 24.3. The molecule has 23 heavy (non-hydrogen) atoms. The number of sulfonamides is 1. The second-order valence-corrected chi connectivity index (χ2v) is 8.57. The number of piperidine rings is 1. The summed E-state index contributed by atoms with van der Waals surface area (Å²) in [5.41, 5.74) is 0. The van der Waals surface area contributed by atoms with Crippen LogP contribution in [0.4, 0.5) is 0 Å². The quantitative estimate of drug-likeness (QED) is 0.789. The van der Waals surface area contributed by atoms with Crippen LogP contribution in [0.5, 0.6) is 0 Å². The van der Waals surface area contributed by atoms with Gasteiger partial charge in [-0.2, -0.15) is 0 Å². The highest BCUT2D eigenvalue weighted by Gasteiger charge is 2.33. The first-order chi connectivity index (χ1) is 10.4. The van der Waals surface area contributed by atoms with Gasteiger partial charge in [0.1, 0.15) is 0 Å². The summed E-state index contributed by atoms with van der Waals surface area (Å²) in [5.74, 6) is 0.430. The van der Waals surface area contributed by atoms with E-state index in [1.165, 1.54) is 0 Å². The van der Waals surface area contributed by atoms with Gasteiger partial charge in [-0.25, -0.2) is 12.7 Å². The van der Waals surface area contributed by atoms with Crippen LogP contribution in [-0.4, -0.2) is 68.0 Å². The van der Waals surface area contributed by atoms with E-state index in [0.29, 0.717) is 38.4 Å². The van der Waals surface area contributed by atoms with Crippen molar-refractivity contribution in [2.75, 3.05) is 38.5 Å². The van der Waals surface area contributed by atoms with Crippen molar-refractivity contribution in [1.29, 1.82) is 0 Å². The first-order valence-corrected chi connectivity index (χ1v) is 10.0. The van der Waals surface area contributed by atoms with E-state index in [1.54, 1.807) is 4.31 Å². The molecule has 1 unspecified atom stereocenters. The number of amides is 1. The number of carbonyl (C=O) groups is 1. The van der Waals surface area contributed by atoms with Gasteiger partial charge in [0, 0.05) is 44.7 Å². The zero-order chi connectivity index (χ0) is 16.2. The van der Waals surface area contributed by atoms with E-state index < -0.39 is 10.0 Å². The highest BCUT2D eigenvalue weighted by Crippen LogP contribution is 2.22. The molecule has 136 valence electrons. The number of unbranched alkanes of at least 4 members (excludes halogenated alkanes) is 1. The van der Waals surface area contributed by atoms with Crippen LogP contribution in [0.1, 0.15) is 39.5 Å². The van der Waals surface area contributed by atoms with Crippen LogP contribution in [0.15, 0.2) is 0 Å². The van der Waals surface area contributed by atoms with Crippen LogP contribution < -0.4 is 5.32 Å². The second-order valence-electron chi connectivity index (χ2n) is 6.48. The van der Waals surface area contributed by atoms with E-state index in [1.807, 2.05) is 11.8 Å². The molecule has 0 spiro atoms. The highest BCUT2D eigenvalue weighted by atomic mass is 35.5. The Morgan fingerprint density at radius 3 is 2.43 bits per heavy atom.